The molecule has 108 valence electrons. The molecule has 0 aliphatic rings. The first-order chi connectivity index (χ1) is 10.1. The lowest BCUT2D eigenvalue weighted by Crippen LogP contribution is -2.13. The van der Waals surface area contributed by atoms with Gasteiger partial charge in [-0.25, -0.2) is 0 Å². The highest BCUT2D eigenvalue weighted by Crippen LogP contribution is 2.17. The van der Waals surface area contributed by atoms with Crippen molar-refractivity contribution in [2.45, 2.75) is 26.3 Å². The fourth-order valence-corrected chi connectivity index (χ4v) is 1.02. The number of rotatable bonds is 7. The predicted molar refractivity (Wildman–Crippen MR) is 67.1 cm³/mol. The minimum absolute atomic E-state index is 0.282. The van der Waals surface area contributed by atoms with Gasteiger partial charge in [-0.05, 0) is 45.8 Å². The number of azide groups is 3. The lowest BCUT2D eigenvalue weighted by Gasteiger charge is -2.10. The van der Waals surface area contributed by atoms with Gasteiger partial charge in [0.05, 0.1) is 0 Å². The monoisotopic (exact) mass is 292 g/mol. The SMILES string of the molecule is CC(N=[N+]=[N-])Oc1nc(N=[N+]=[N-])nc(OC(C)N=[N+]=[N-])n1. The maximum atomic E-state index is 8.38. The summed E-state index contributed by atoms with van der Waals surface area (Å²) in [5.41, 5.74) is 24.9. The first-order valence-corrected chi connectivity index (χ1v) is 5.32. The van der Waals surface area contributed by atoms with Crippen molar-refractivity contribution in [2.75, 3.05) is 0 Å². The highest BCUT2D eigenvalue weighted by atomic mass is 16.5. The largest absolute Gasteiger partial charge is 0.454 e. The molecule has 14 heteroatoms. The van der Waals surface area contributed by atoms with Crippen LogP contribution >= 0.6 is 0 Å². The van der Waals surface area contributed by atoms with E-state index in [9.17, 15) is 0 Å². The molecule has 0 radical (unpaired) electrons. The van der Waals surface area contributed by atoms with Crippen LogP contribution in [0.1, 0.15) is 13.8 Å². The van der Waals surface area contributed by atoms with Gasteiger partial charge in [0, 0.05) is 14.7 Å². The van der Waals surface area contributed by atoms with E-state index in [0.29, 0.717) is 0 Å². The predicted octanol–water partition coefficient (Wildman–Crippen LogP) is 2.88. The van der Waals surface area contributed by atoms with Gasteiger partial charge < -0.3 is 9.47 Å². The van der Waals surface area contributed by atoms with E-state index in [1.165, 1.54) is 13.8 Å². The molecule has 0 aliphatic heterocycles. The molecule has 0 saturated heterocycles. The van der Waals surface area contributed by atoms with Crippen LogP contribution in [0.25, 0.3) is 31.3 Å². The number of aromatic nitrogens is 3. The molecule has 0 spiro atoms. The molecule has 0 N–H and O–H groups in total. The van der Waals surface area contributed by atoms with Crippen LogP contribution < -0.4 is 9.47 Å². The summed E-state index contributed by atoms with van der Waals surface area (Å²) in [6.07, 6.45) is -1.81. The topological polar surface area (TPSA) is 203 Å². The van der Waals surface area contributed by atoms with Gasteiger partial charge in [-0.1, -0.05) is 0 Å². The summed E-state index contributed by atoms with van der Waals surface area (Å²) >= 11 is 0. The van der Waals surface area contributed by atoms with Crippen LogP contribution in [0.2, 0.25) is 0 Å². The molecule has 0 saturated carbocycles. The molecule has 14 nitrogen and oxygen atoms in total. The number of ether oxygens (including phenoxy) is 2. The summed E-state index contributed by atoms with van der Waals surface area (Å²) in [6, 6.07) is -0.564. The summed E-state index contributed by atoms with van der Waals surface area (Å²) < 4.78 is 10.1. The average Bonchev–Trinajstić information content (AvgIpc) is 2.39. The molecule has 0 aromatic carbocycles. The van der Waals surface area contributed by atoms with Gasteiger partial charge in [-0.3, -0.25) is 0 Å². The van der Waals surface area contributed by atoms with E-state index >= 15 is 0 Å². The third kappa shape index (κ3) is 5.36. The van der Waals surface area contributed by atoms with E-state index in [4.69, 9.17) is 26.1 Å². The van der Waals surface area contributed by atoms with Crippen molar-refractivity contribution in [3.63, 3.8) is 0 Å². The third-order valence-electron chi connectivity index (χ3n) is 1.70. The zero-order chi connectivity index (χ0) is 15.7. The molecule has 2 unspecified atom stereocenters. The highest BCUT2D eigenvalue weighted by molar-refractivity contribution is 5.20. The van der Waals surface area contributed by atoms with Crippen molar-refractivity contribution in [3.05, 3.63) is 31.3 Å². The number of hydrogen-bond donors (Lipinski definition) is 0. The summed E-state index contributed by atoms with van der Waals surface area (Å²) in [5.74, 6) is -0.321. The Kier molecular flexibility index (Phi) is 5.84. The zero-order valence-corrected chi connectivity index (χ0v) is 10.8. The molecule has 2 atom stereocenters. The molecule has 1 aromatic heterocycles. The second-order valence-corrected chi connectivity index (χ2v) is 3.23. The Balaban J connectivity index is 3.07. The second-order valence-electron chi connectivity index (χ2n) is 3.23. The Morgan fingerprint density at radius 1 is 0.857 bits per heavy atom. The Morgan fingerprint density at radius 3 is 1.71 bits per heavy atom. The molecule has 21 heavy (non-hydrogen) atoms. The molecule has 1 rings (SSSR count). The Bertz CT molecular complexity index is 597. The van der Waals surface area contributed by atoms with Gasteiger partial charge in [0.1, 0.15) is 0 Å². The summed E-state index contributed by atoms with van der Waals surface area (Å²) in [5, 5.41) is 9.71. The fourth-order valence-electron chi connectivity index (χ4n) is 1.02. The third-order valence-corrected chi connectivity index (χ3v) is 1.70. The van der Waals surface area contributed by atoms with Gasteiger partial charge >= 0.3 is 12.0 Å². The van der Waals surface area contributed by atoms with Crippen molar-refractivity contribution >= 4 is 5.95 Å². The molecule has 0 bridgehead atoms. The van der Waals surface area contributed by atoms with Crippen LogP contribution in [0, 0.1) is 0 Å². The summed E-state index contributed by atoms with van der Waals surface area (Å²) in [6.45, 7) is 2.89. The van der Waals surface area contributed by atoms with E-state index in [0.717, 1.165) is 0 Å². The smallest absolute Gasteiger partial charge is 0.323 e. The van der Waals surface area contributed by atoms with E-state index in [1.54, 1.807) is 0 Å². The lowest BCUT2D eigenvalue weighted by molar-refractivity contribution is 0.186. The first-order valence-electron chi connectivity index (χ1n) is 5.32. The van der Waals surface area contributed by atoms with Gasteiger partial charge in [0.2, 0.25) is 5.95 Å². The summed E-state index contributed by atoms with van der Waals surface area (Å²) in [4.78, 5) is 18.7. The molecular weight excluding hydrogens is 284 g/mol. The van der Waals surface area contributed by atoms with Crippen molar-refractivity contribution < 1.29 is 9.47 Å². The Labute approximate surface area is 116 Å². The maximum Gasteiger partial charge on any atom is 0.323 e. The normalized spacial score (nSPS) is 11.9. The molecule has 0 amide bonds. The summed E-state index contributed by atoms with van der Waals surface area (Å²) in [7, 11) is 0. The molecule has 1 heterocycles. The van der Waals surface area contributed by atoms with Crippen LogP contribution in [0.3, 0.4) is 0 Å². The van der Waals surface area contributed by atoms with Crippen LogP contribution in [-0.2, 0) is 0 Å². The van der Waals surface area contributed by atoms with Crippen molar-refractivity contribution in [2.24, 2.45) is 15.3 Å². The van der Waals surface area contributed by atoms with Crippen LogP contribution in [0.4, 0.5) is 5.95 Å². The molecule has 0 aliphatic carbocycles. The average molecular weight is 292 g/mol. The lowest BCUT2D eigenvalue weighted by atomic mass is 10.7. The number of nitrogens with zero attached hydrogens (tertiary/aromatic N) is 12. The quantitative estimate of drug-likeness (QED) is 0.420. The minimum atomic E-state index is -0.904. The van der Waals surface area contributed by atoms with E-state index < -0.39 is 12.5 Å². The van der Waals surface area contributed by atoms with Crippen molar-refractivity contribution in [1.29, 1.82) is 0 Å². The fraction of sp³-hybridized carbons (Fsp3) is 0.571. The van der Waals surface area contributed by atoms with Crippen molar-refractivity contribution in [3.8, 4) is 12.0 Å². The minimum Gasteiger partial charge on any atom is -0.454 e. The van der Waals surface area contributed by atoms with E-state index in [1.807, 2.05) is 0 Å². The van der Waals surface area contributed by atoms with E-state index in [2.05, 4.69) is 45.0 Å². The van der Waals surface area contributed by atoms with Gasteiger partial charge in [-0.2, -0.15) is 9.97 Å². The molecular formula is C7H8N12O2. The first kappa shape index (κ1) is 15.6. The Morgan fingerprint density at radius 2 is 1.33 bits per heavy atom. The van der Waals surface area contributed by atoms with Crippen LogP contribution in [-0.4, -0.2) is 27.4 Å². The zero-order valence-electron chi connectivity index (χ0n) is 10.8. The van der Waals surface area contributed by atoms with Crippen molar-refractivity contribution in [1.82, 2.24) is 15.0 Å². The second kappa shape index (κ2) is 7.86. The number of hydrogen-bond acceptors (Lipinski definition) is 8. The van der Waals surface area contributed by atoms with Gasteiger partial charge in [0.25, 0.3) is 0 Å². The molecule has 1 aromatic rings. The van der Waals surface area contributed by atoms with Crippen LogP contribution in [0.15, 0.2) is 15.3 Å². The molecule has 0 fully saturated rings. The van der Waals surface area contributed by atoms with E-state index in [-0.39, 0.29) is 18.0 Å². The Hall–Kier alpha value is -3.46. The standard InChI is InChI=1S/C7H8N12O2/c1-3(14-17-8)20-6-11-5(16-19-10)12-7(13-6)21-4(2)15-18-9/h3-4H,1-2H3. The van der Waals surface area contributed by atoms with Gasteiger partial charge in [-0.15, -0.1) is 4.98 Å². The maximum absolute atomic E-state index is 8.38. The highest BCUT2D eigenvalue weighted by Gasteiger charge is 2.12. The van der Waals surface area contributed by atoms with Crippen LogP contribution in [0.5, 0.6) is 12.0 Å². The van der Waals surface area contributed by atoms with Gasteiger partial charge in [0.15, 0.2) is 12.5 Å².